The number of aliphatic imine (C=N–C) groups is 1. The predicted molar refractivity (Wildman–Crippen MR) is 233 cm³/mol. The molecule has 15 heteroatoms. The van der Waals surface area contributed by atoms with Crippen molar-refractivity contribution < 1.29 is 25.2 Å². The highest BCUT2D eigenvalue weighted by Gasteiger charge is 2.53. The van der Waals surface area contributed by atoms with Gasteiger partial charge in [0.2, 0.25) is 5.13 Å². The van der Waals surface area contributed by atoms with Crippen LogP contribution in [-0.4, -0.2) is 96.3 Å². The number of dihydropyridines is 1. The first-order valence-electron chi connectivity index (χ1n) is 21.1. The van der Waals surface area contributed by atoms with Crippen LogP contribution in [0.3, 0.4) is 0 Å². The van der Waals surface area contributed by atoms with Crippen LogP contribution in [0.15, 0.2) is 76.2 Å². The van der Waals surface area contributed by atoms with E-state index in [9.17, 15) is 20.7 Å². The Morgan fingerprint density at radius 2 is 2.00 bits per heavy atom. The lowest BCUT2D eigenvalue weighted by Crippen LogP contribution is -2.54. The van der Waals surface area contributed by atoms with E-state index in [-0.39, 0.29) is 29.2 Å². The van der Waals surface area contributed by atoms with E-state index < -0.39 is 12.0 Å². The van der Waals surface area contributed by atoms with Crippen LogP contribution < -0.4 is 16.4 Å². The van der Waals surface area contributed by atoms with Crippen LogP contribution in [0.25, 0.3) is 15.8 Å². The van der Waals surface area contributed by atoms with Crippen LogP contribution in [-0.2, 0) is 11.3 Å². The van der Waals surface area contributed by atoms with Gasteiger partial charge in [-0.1, -0.05) is 43.7 Å². The van der Waals surface area contributed by atoms with Gasteiger partial charge in [0, 0.05) is 42.0 Å². The number of fused-ring (bicyclic) bond motifs is 3. The van der Waals surface area contributed by atoms with Gasteiger partial charge in [0.05, 0.1) is 41.3 Å². The second kappa shape index (κ2) is 18.0. The molecule has 7 rings (SSSR count). The number of hydrogen-bond acceptors (Lipinski definition) is 12. The fourth-order valence-electron chi connectivity index (χ4n) is 10.2. The van der Waals surface area contributed by atoms with Crippen molar-refractivity contribution in [2.24, 2.45) is 28.0 Å². The lowest BCUT2D eigenvalue weighted by Gasteiger charge is -2.56. The van der Waals surface area contributed by atoms with Crippen molar-refractivity contribution in [3.63, 3.8) is 0 Å². The summed E-state index contributed by atoms with van der Waals surface area (Å²) in [5.74, 6) is 1.36. The number of nitrogens with two attached hydrogens (primary N) is 1. The van der Waals surface area contributed by atoms with E-state index in [1.165, 1.54) is 11.3 Å². The number of likely N-dealkylation sites (tertiary alicyclic amines) is 1. The summed E-state index contributed by atoms with van der Waals surface area (Å²) in [6.07, 6.45) is 13.2. The molecule has 2 aromatic heterocycles. The molecule has 2 aliphatic heterocycles. The number of allylic oxidation sites excluding steroid dienone is 3. The van der Waals surface area contributed by atoms with E-state index in [0.717, 1.165) is 84.1 Å². The number of nitrogens with zero attached hydrogens (tertiary/aromatic N) is 5. The summed E-state index contributed by atoms with van der Waals surface area (Å²) in [6.45, 7) is 11.6. The largest absolute Gasteiger partial charge is 0.480 e. The van der Waals surface area contributed by atoms with Crippen LogP contribution >= 0.6 is 11.3 Å². The number of aromatic nitrogens is 3. The lowest BCUT2D eigenvalue weighted by molar-refractivity contribution is -0.164. The van der Waals surface area contributed by atoms with Crippen molar-refractivity contribution in [3.8, 4) is 0 Å². The summed E-state index contributed by atoms with van der Waals surface area (Å²) in [4.78, 5) is 11.0. The summed E-state index contributed by atoms with van der Waals surface area (Å²) >= 11 is 1.47. The number of piperidine rings is 1. The van der Waals surface area contributed by atoms with E-state index in [4.69, 9.17) is 20.7 Å². The van der Waals surface area contributed by atoms with Crippen LogP contribution in [0.5, 0.6) is 0 Å². The number of amidine groups is 2. The van der Waals surface area contributed by atoms with Crippen molar-refractivity contribution in [1.29, 1.82) is 5.41 Å². The highest BCUT2D eigenvalue weighted by molar-refractivity contribution is 7.22. The van der Waals surface area contributed by atoms with Gasteiger partial charge in [-0.3, -0.25) is 10.1 Å². The molecule has 0 spiro atoms. The zero-order valence-electron chi connectivity index (χ0n) is 34.8. The minimum absolute atomic E-state index is 0.00777. The number of aliphatic hydroxyl groups is 4. The topological polar surface area (TPSA) is 210 Å². The Morgan fingerprint density at radius 1 is 1.19 bits per heavy atom. The number of nitrogens with one attached hydrogen (secondary N) is 3. The Kier molecular flexibility index (Phi) is 13.0. The maximum Gasteiger partial charge on any atom is 0.299 e. The number of thiazole rings is 1. The average Bonchev–Trinajstić information content (AvgIpc) is 3.79. The number of para-hydroxylation sites is 1. The number of ether oxygens (including phenoxy) is 1. The maximum absolute atomic E-state index is 10.7. The summed E-state index contributed by atoms with van der Waals surface area (Å²) < 4.78 is 9.94. The molecule has 2 saturated carbocycles. The van der Waals surface area contributed by atoms with Gasteiger partial charge < -0.3 is 46.4 Å². The van der Waals surface area contributed by atoms with Crippen molar-refractivity contribution in [2.45, 2.75) is 104 Å². The molecule has 2 aliphatic carbocycles. The zero-order chi connectivity index (χ0) is 41.9. The van der Waals surface area contributed by atoms with Crippen molar-refractivity contribution >= 4 is 43.9 Å². The van der Waals surface area contributed by atoms with E-state index in [1.54, 1.807) is 0 Å². The molecule has 4 heterocycles. The monoisotopic (exact) mass is 827 g/mol. The SMILES string of the molecule is CCC1CC2(Cn3ncc(C4=CC=C(N5CCC/C(=C(C)/C(N)=N\c6nc7ccccc7s6)C5=N)NC4=C(O)O)c3C)CC(C)CC(OCCNCCC(O)CO)(C1)C2. The summed E-state index contributed by atoms with van der Waals surface area (Å²) in [5, 5.41) is 61.4. The summed E-state index contributed by atoms with van der Waals surface area (Å²) in [6, 6.07) is 7.86. The Morgan fingerprint density at radius 3 is 2.76 bits per heavy atom. The number of aliphatic hydroxyl groups excluding tert-OH is 3. The summed E-state index contributed by atoms with van der Waals surface area (Å²) in [5.41, 5.74) is 11.2. The maximum atomic E-state index is 10.7. The minimum Gasteiger partial charge on any atom is -0.480 e. The van der Waals surface area contributed by atoms with Gasteiger partial charge in [0.15, 0.2) is 0 Å². The first-order valence-corrected chi connectivity index (χ1v) is 21.9. The zero-order valence-corrected chi connectivity index (χ0v) is 35.6. The third-order valence-electron chi connectivity index (χ3n) is 12.7. The number of benzene rings is 1. The Hall–Kier alpha value is -4.54. The molecule has 1 saturated heterocycles. The van der Waals surface area contributed by atoms with E-state index in [0.29, 0.717) is 73.3 Å². The molecule has 5 unspecified atom stereocenters. The van der Waals surface area contributed by atoms with Gasteiger partial charge in [-0.2, -0.15) is 5.10 Å². The molecule has 3 fully saturated rings. The van der Waals surface area contributed by atoms with Crippen LogP contribution in [0.4, 0.5) is 5.13 Å². The molecule has 14 nitrogen and oxygen atoms in total. The van der Waals surface area contributed by atoms with E-state index >= 15 is 0 Å². The van der Waals surface area contributed by atoms with Crippen LogP contribution in [0.2, 0.25) is 0 Å². The van der Waals surface area contributed by atoms with Crippen molar-refractivity contribution in [3.05, 3.63) is 82.5 Å². The fourth-order valence-corrected chi connectivity index (χ4v) is 11.0. The van der Waals surface area contributed by atoms with E-state index in [2.05, 4.69) is 39.1 Å². The van der Waals surface area contributed by atoms with Crippen molar-refractivity contribution in [2.75, 3.05) is 32.8 Å². The quantitative estimate of drug-likeness (QED) is 0.0350. The van der Waals surface area contributed by atoms with Gasteiger partial charge in [0.1, 0.15) is 23.2 Å². The Balaban J connectivity index is 1.08. The van der Waals surface area contributed by atoms with Crippen molar-refractivity contribution in [1.82, 2.24) is 30.3 Å². The molecule has 0 radical (unpaired) electrons. The molecule has 2 bridgehead atoms. The second-order valence-electron chi connectivity index (χ2n) is 17.2. The molecule has 4 aliphatic rings. The van der Waals surface area contributed by atoms with Gasteiger partial charge in [0.25, 0.3) is 5.95 Å². The molecule has 3 aromatic rings. The third-order valence-corrected chi connectivity index (χ3v) is 13.7. The van der Waals surface area contributed by atoms with E-state index in [1.807, 2.05) is 61.4 Å². The van der Waals surface area contributed by atoms with Gasteiger partial charge in [-0.05, 0) is 119 Å². The Bertz CT molecular complexity index is 2150. The van der Waals surface area contributed by atoms with Gasteiger partial charge in [-0.15, -0.1) is 0 Å². The molecule has 59 heavy (non-hydrogen) atoms. The summed E-state index contributed by atoms with van der Waals surface area (Å²) in [7, 11) is 0. The highest BCUT2D eigenvalue weighted by Crippen LogP contribution is 2.57. The highest BCUT2D eigenvalue weighted by atomic mass is 32.1. The molecule has 1 aromatic carbocycles. The second-order valence-corrected chi connectivity index (χ2v) is 18.2. The first-order chi connectivity index (χ1) is 28.3. The van der Waals surface area contributed by atoms with Crippen LogP contribution in [0.1, 0.15) is 89.8 Å². The number of hydrogen-bond donors (Lipinski definition) is 8. The standard InChI is InChI=1S/C44H61N9O5S/c1-5-30-21-43(19-27(2)20-44(22-30,25-43)58-18-16-47-15-14-31(55)24-54)26-53-29(4)34(23-48-53)33-12-13-37(50-38(33)41(56)57)52-17-8-9-32(40(52)46)28(3)39(45)51-42-49-35-10-6-7-11-36(35)59-42/h6-7,10-13,23,27,30-31,46-47,50,54-57H,5,8-9,14-22,24-26H2,1-4H3,(H2,45,49,51)/b32-28-,46-40?. The molecule has 318 valence electrons. The smallest absolute Gasteiger partial charge is 0.299 e. The van der Waals surface area contributed by atoms with Gasteiger partial charge >= 0.3 is 0 Å². The first kappa shape index (κ1) is 42.6. The third kappa shape index (κ3) is 9.29. The van der Waals surface area contributed by atoms with Crippen LogP contribution in [0, 0.1) is 29.6 Å². The molecule has 0 amide bonds. The lowest BCUT2D eigenvalue weighted by atomic mass is 9.54. The fraction of sp³-hybridized carbons (Fsp3) is 0.545. The number of rotatable bonds is 15. The molecular weight excluding hydrogens is 767 g/mol. The Labute approximate surface area is 350 Å². The van der Waals surface area contributed by atoms with Gasteiger partial charge in [-0.25, -0.2) is 9.98 Å². The molecular formula is C44H61N9O5S. The molecule has 5 atom stereocenters. The normalized spacial score (nSPS) is 26.4. The predicted octanol–water partition coefficient (Wildman–Crippen LogP) is 6.71. The average molecular weight is 828 g/mol. The minimum atomic E-state index is -0.838. The molecule has 9 N–H and O–H groups in total.